The van der Waals surface area contributed by atoms with Crippen molar-refractivity contribution in [3.63, 3.8) is 0 Å². The monoisotopic (exact) mass is 201 g/mol. The van der Waals surface area contributed by atoms with Gasteiger partial charge in [-0.25, -0.2) is 8.42 Å². The molecule has 1 N–H and O–H groups in total. The van der Waals surface area contributed by atoms with Crippen LogP contribution >= 0.6 is 0 Å². The lowest BCUT2D eigenvalue weighted by atomic mass is 10.2. The van der Waals surface area contributed by atoms with Crippen molar-refractivity contribution in [3.8, 4) is 0 Å². The van der Waals surface area contributed by atoms with Gasteiger partial charge in [-0.15, -0.1) is 0 Å². The molecule has 6 heteroatoms. The predicted molar refractivity (Wildman–Crippen MR) is 47.4 cm³/mol. The van der Waals surface area contributed by atoms with Gasteiger partial charge in [-0.1, -0.05) is 0 Å². The Labute approximate surface area is 76.8 Å². The Morgan fingerprint density at radius 1 is 1.46 bits per heavy atom. The minimum Gasteiger partial charge on any atom is -0.282 e. The Kier molecular flexibility index (Phi) is 1.71. The van der Waals surface area contributed by atoms with Gasteiger partial charge in [0.05, 0.1) is 18.5 Å². The van der Waals surface area contributed by atoms with Gasteiger partial charge in [0.15, 0.2) is 0 Å². The molecular weight excluding hydrogens is 190 g/mol. The van der Waals surface area contributed by atoms with Gasteiger partial charge in [0.1, 0.15) is 0 Å². The molecule has 0 spiro atoms. The van der Waals surface area contributed by atoms with E-state index in [4.69, 9.17) is 0 Å². The molecule has 2 rings (SSSR count). The van der Waals surface area contributed by atoms with Gasteiger partial charge in [0.2, 0.25) is 10.0 Å². The molecule has 0 atom stereocenters. The second-order valence-electron chi connectivity index (χ2n) is 3.30. The highest BCUT2D eigenvalue weighted by atomic mass is 32.2. The van der Waals surface area contributed by atoms with Crippen molar-refractivity contribution in [2.24, 2.45) is 0 Å². The highest BCUT2D eigenvalue weighted by Crippen LogP contribution is 2.24. The Hall–Kier alpha value is -0.880. The zero-order chi connectivity index (χ0) is 9.64. The summed E-state index contributed by atoms with van der Waals surface area (Å²) in [5.74, 6) is 0. The Morgan fingerprint density at radius 3 is 2.69 bits per heavy atom. The van der Waals surface area contributed by atoms with Crippen LogP contribution in [-0.4, -0.2) is 29.2 Å². The molecule has 1 aromatic rings. The van der Waals surface area contributed by atoms with Crippen molar-refractivity contribution >= 4 is 10.0 Å². The molecule has 0 fully saturated rings. The quantitative estimate of drug-likeness (QED) is 0.695. The minimum atomic E-state index is -3.08. The molecule has 0 bridgehead atoms. The van der Waals surface area contributed by atoms with Crippen LogP contribution in [0.2, 0.25) is 0 Å². The predicted octanol–water partition coefficient (Wildman–Crippen LogP) is -0.00668. The average molecular weight is 201 g/mol. The van der Waals surface area contributed by atoms with E-state index < -0.39 is 10.0 Å². The van der Waals surface area contributed by atoms with Crippen LogP contribution in [0.15, 0.2) is 0 Å². The van der Waals surface area contributed by atoms with E-state index in [0.29, 0.717) is 13.1 Å². The van der Waals surface area contributed by atoms with Crippen LogP contribution in [0.5, 0.6) is 0 Å². The largest absolute Gasteiger partial charge is 0.282 e. The number of hydrogen-bond donors (Lipinski definition) is 1. The summed E-state index contributed by atoms with van der Waals surface area (Å²) in [6, 6.07) is 0. The molecule has 0 amide bonds. The van der Waals surface area contributed by atoms with Crippen LogP contribution in [0.1, 0.15) is 17.0 Å². The lowest BCUT2D eigenvalue weighted by Crippen LogP contribution is -2.24. The zero-order valence-electron chi connectivity index (χ0n) is 7.53. The van der Waals surface area contributed by atoms with Gasteiger partial charge in [0, 0.05) is 17.8 Å². The number of aryl methyl sites for hydroxylation is 1. The summed E-state index contributed by atoms with van der Waals surface area (Å²) >= 11 is 0. The summed E-state index contributed by atoms with van der Waals surface area (Å²) < 4.78 is 23.8. The van der Waals surface area contributed by atoms with Crippen molar-refractivity contribution < 1.29 is 8.42 Å². The standard InChI is InChI=1S/C7H11N3O2S/c1-5-6-3-10(13(2,11)12)4-7(6)9-8-5/h3-4H2,1-2H3,(H,8,9). The first-order chi connectivity index (χ1) is 5.98. The second-order valence-corrected chi connectivity index (χ2v) is 5.29. The van der Waals surface area contributed by atoms with E-state index in [2.05, 4.69) is 10.2 Å². The smallest absolute Gasteiger partial charge is 0.211 e. The van der Waals surface area contributed by atoms with Crippen LogP contribution in [0.25, 0.3) is 0 Å². The highest BCUT2D eigenvalue weighted by Gasteiger charge is 2.29. The maximum absolute atomic E-state index is 11.2. The molecule has 0 aromatic carbocycles. The molecule has 13 heavy (non-hydrogen) atoms. The Balaban J connectivity index is 2.34. The lowest BCUT2D eigenvalue weighted by molar-refractivity contribution is 0.431. The van der Waals surface area contributed by atoms with Crippen LogP contribution < -0.4 is 0 Å². The molecule has 0 radical (unpaired) electrons. The van der Waals surface area contributed by atoms with Crippen LogP contribution in [-0.2, 0) is 23.1 Å². The SMILES string of the molecule is Cc1[nH]nc2c1CN(S(C)(=O)=O)C2. The Bertz CT molecular complexity index is 435. The van der Waals surface area contributed by atoms with Crippen molar-refractivity contribution in [3.05, 3.63) is 17.0 Å². The fraction of sp³-hybridized carbons (Fsp3) is 0.571. The molecule has 5 nitrogen and oxygen atoms in total. The van der Waals surface area contributed by atoms with E-state index in [9.17, 15) is 8.42 Å². The number of aromatic amines is 1. The summed E-state index contributed by atoms with van der Waals surface area (Å²) in [5, 5.41) is 6.87. The maximum atomic E-state index is 11.2. The minimum absolute atomic E-state index is 0.401. The topological polar surface area (TPSA) is 66.1 Å². The van der Waals surface area contributed by atoms with Crippen molar-refractivity contribution in [1.29, 1.82) is 0 Å². The molecule has 72 valence electrons. The zero-order valence-corrected chi connectivity index (χ0v) is 8.35. The summed E-state index contributed by atoms with van der Waals surface area (Å²) in [6.45, 7) is 2.76. The van der Waals surface area contributed by atoms with E-state index in [1.54, 1.807) is 0 Å². The van der Waals surface area contributed by atoms with Gasteiger partial charge in [-0.3, -0.25) is 5.10 Å². The summed E-state index contributed by atoms with van der Waals surface area (Å²) in [5.41, 5.74) is 2.83. The van der Waals surface area contributed by atoms with Crippen molar-refractivity contribution in [2.45, 2.75) is 20.0 Å². The van der Waals surface area contributed by atoms with E-state index >= 15 is 0 Å². The first kappa shape index (κ1) is 8.71. The lowest BCUT2D eigenvalue weighted by Gasteiger charge is -2.10. The molecule has 0 saturated heterocycles. The summed E-state index contributed by atoms with van der Waals surface area (Å²) in [4.78, 5) is 0. The third kappa shape index (κ3) is 1.36. The third-order valence-corrected chi connectivity index (χ3v) is 3.49. The molecule has 1 aliphatic heterocycles. The molecule has 0 aliphatic carbocycles. The molecule has 1 aliphatic rings. The van der Waals surface area contributed by atoms with Crippen LogP contribution in [0.3, 0.4) is 0 Å². The number of fused-ring (bicyclic) bond motifs is 1. The first-order valence-corrected chi connectivity index (χ1v) is 5.81. The molecule has 0 unspecified atom stereocenters. The summed E-state index contributed by atoms with van der Waals surface area (Å²) in [6.07, 6.45) is 1.22. The van der Waals surface area contributed by atoms with Gasteiger partial charge >= 0.3 is 0 Å². The Morgan fingerprint density at radius 2 is 2.15 bits per heavy atom. The molecule has 0 saturated carbocycles. The van der Waals surface area contributed by atoms with E-state index in [-0.39, 0.29) is 0 Å². The number of sulfonamides is 1. The van der Waals surface area contributed by atoms with E-state index in [1.165, 1.54) is 10.6 Å². The number of rotatable bonds is 1. The van der Waals surface area contributed by atoms with Gasteiger partial charge in [-0.05, 0) is 6.92 Å². The number of nitrogens with one attached hydrogen (secondary N) is 1. The number of aromatic nitrogens is 2. The molecule has 1 aromatic heterocycles. The van der Waals surface area contributed by atoms with Crippen molar-refractivity contribution in [1.82, 2.24) is 14.5 Å². The fourth-order valence-corrected chi connectivity index (χ4v) is 2.20. The van der Waals surface area contributed by atoms with Crippen molar-refractivity contribution in [2.75, 3.05) is 6.26 Å². The molecular formula is C7H11N3O2S. The van der Waals surface area contributed by atoms with E-state index in [1.807, 2.05) is 6.92 Å². The maximum Gasteiger partial charge on any atom is 0.211 e. The number of nitrogens with zero attached hydrogens (tertiary/aromatic N) is 2. The van der Waals surface area contributed by atoms with Crippen LogP contribution in [0, 0.1) is 6.92 Å². The van der Waals surface area contributed by atoms with Gasteiger partial charge in [0.25, 0.3) is 0 Å². The highest BCUT2D eigenvalue weighted by molar-refractivity contribution is 7.88. The normalized spacial score (nSPS) is 17.7. The first-order valence-electron chi connectivity index (χ1n) is 3.96. The molecule has 2 heterocycles. The van der Waals surface area contributed by atoms with Gasteiger partial charge < -0.3 is 0 Å². The van der Waals surface area contributed by atoms with E-state index in [0.717, 1.165) is 17.0 Å². The third-order valence-electron chi connectivity index (χ3n) is 2.29. The average Bonchev–Trinajstić information content (AvgIpc) is 2.51. The van der Waals surface area contributed by atoms with Crippen LogP contribution in [0.4, 0.5) is 0 Å². The number of hydrogen-bond acceptors (Lipinski definition) is 3. The van der Waals surface area contributed by atoms with Gasteiger partial charge in [-0.2, -0.15) is 9.40 Å². The summed E-state index contributed by atoms with van der Waals surface area (Å²) in [7, 11) is -3.08. The number of H-pyrrole nitrogens is 1. The fourth-order valence-electron chi connectivity index (χ4n) is 1.48. The second kappa shape index (κ2) is 2.55.